The average Bonchev–Trinajstić information content (AvgIpc) is 2.63. The molecule has 2 rings (SSSR count). The highest BCUT2D eigenvalue weighted by Gasteiger charge is 2.30. The van der Waals surface area contributed by atoms with Gasteiger partial charge in [-0.2, -0.15) is 13.2 Å². The van der Waals surface area contributed by atoms with Gasteiger partial charge in [-0.3, -0.25) is 4.79 Å². The summed E-state index contributed by atoms with van der Waals surface area (Å²) in [6.45, 7) is 3.12. The fraction of sp³-hybridized carbons (Fsp3) is 0.150. The molecule has 3 N–H and O–H groups in total. The van der Waals surface area contributed by atoms with Crippen molar-refractivity contribution in [2.24, 2.45) is 4.99 Å². The van der Waals surface area contributed by atoms with E-state index in [2.05, 4.69) is 15.6 Å². The Labute approximate surface area is 171 Å². The van der Waals surface area contributed by atoms with Gasteiger partial charge in [0.1, 0.15) is 5.76 Å². The molecule has 0 heterocycles. The summed E-state index contributed by atoms with van der Waals surface area (Å²) in [5.41, 5.74) is 0.515. The Bertz CT molecular complexity index is 981. The summed E-state index contributed by atoms with van der Waals surface area (Å²) in [7, 11) is 0. The minimum atomic E-state index is -4.49. The molecule has 0 atom stereocenters. The molecule has 29 heavy (non-hydrogen) atoms. The number of carbonyl (C=O) groups is 1. The number of nitrogens with zero attached hydrogens (tertiary/aromatic N) is 1. The Morgan fingerprint density at radius 2 is 1.83 bits per heavy atom. The lowest BCUT2D eigenvalue weighted by atomic mass is 10.1. The minimum absolute atomic E-state index is 0.0950. The van der Waals surface area contributed by atoms with E-state index in [0.717, 1.165) is 23.9 Å². The summed E-state index contributed by atoms with van der Waals surface area (Å²) in [5, 5.41) is 14.8. The molecule has 9 heteroatoms. The Kier molecular flexibility index (Phi) is 7.11. The molecule has 1 amide bonds. The van der Waals surface area contributed by atoms with E-state index < -0.39 is 17.6 Å². The van der Waals surface area contributed by atoms with Crippen LogP contribution in [0.4, 0.5) is 24.5 Å². The van der Waals surface area contributed by atoms with Crippen LogP contribution in [0.5, 0.6) is 0 Å². The van der Waals surface area contributed by atoms with Crippen LogP contribution in [0, 0.1) is 6.92 Å². The fourth-order valence-electron chi connectivity index (χ4n) is 2.27. The van der Waals surface area contributed by atoms with Crippen molar-refractivity contribution in [2.75, 3.05) is 10.6 Å². The van der Waals surface area contributed by atoms with Crippen LogP contribution in [0.2, 0.25) is 0 Å². The van der Waals surface area contributed by atoms with E-state index in [1.54, 1.807) is 12.1 Å². The van der Waals surface area contributed by atoms with Crippen LogP contribution in [0.3, 0.4) is 0 Å². The van der Waals surface area contributed by atoms with Crippen molar-refractivity contribution in [3.63, 3.8) is 0 Å². The molecule has 0 unspecified atom stereocenters. The smallest absolute Gasteiger partial charge is 0.416 e. The number of amides is 1. The number of alkyl halides is 3. The van der Waals surface area contributed by atoms with Gasteiger partial charge in [0, 0.05) is 17.6 Å². The predicted molar refractivity (Wildman–Crippen MR) is 111 cm³/mol. The highest BCUT2D eigenvalue weighted by Crippen LogP contribution is 2.30. The number of anilines is 2. The van der Waals surface area contributed by atoms with Gasteiger partial charge >= 0.3 is 6.18 Å². The van der Waals surface area contributed by atoms with E-state index >= 15 is 0 Å². The first-order valence-electron chi connectivity index (χ1n) is 8.37. The lowest BCUT2D eigenvalue weighted by molar-refractivity contribution is -0.137. The number of thiocarbonyl (C=S) groups is 1. The topological polar surface area (TPSA) is 73.7 Å². The molecule has 0 aliphatic heterocycles. The molecule has 0 radical (unpaired) electrons. The van der Waals surface area contributed by atoms with Crippen molar-refractivity contribution < 1.29 is 23.1 Å². The molecule has 0 aliphatic carbocycles. The van der Waals surface area contributed by atoms with Gasteiger partial charge in [0.05, 0.1) is 11.1 Å². The van der Waals surface area contributed by atoms with Crippen LogP contribution in [-0.4, -0.2) is 22.3 Å². The van der Waals surface area contributed by atoms with Gasteiger partial charge in [-0.15, -0.1) is 0 Å². The van der Waals surface area contributed by atoms with Gasteiger partial charge in [0.25, 0.3) is 5.91 Å². The fourth-order valence-corrected chi connectivity index (χ4v) is 2.44. The normalized spacial score (nSPS) is 12.4. The summed E-state index contributed by atoms with van der Waals surface area (Å²) in [6, 6.07) is 11.5. The third-order valence-corrected chi connectivity index (χ3v) is 3.99. The number of aliphatic hydroxyl groups is 1. The Morgan fingerprint density at radius 1 is 1.14 bits per heavy atom. The quantitative estimate of drug-likeness (QED) is 0.273. The largest absolute Gasteiger partial charge is 0.512 e. The Hall–Kier alpha value is -3.20. The Morgan fingerprint density at radius 3 is 2.45 bits per heavy atom. The summed E-state index contributed by atoms with van der Waals surface area (Å²) >= 11 is 4.99. The summed E-state index contributed by atoms with van der Waals surface area (Å²) < 4.78 is 38.3. The molecule has 5 nitrogen and oxygen atoms in total. The van der Waals surface area contributed by atoms with Crippen molar-refractivity contribution in [3.05, 3.63) is 71.0 Å². The highest BCUT2D eigenvalue weighted by molar-refractivity contribution is 7.80. The first-order valence-corrected chi connectivity index (χ1v) is 8.78. The van der Waals surface area contributed by atoms with Crippen molar-refractivity contribution >= 4 is 40.8 Å². The van der Waals surface area contributed by atoms with Crippen molar-refractivity contribution in [1.29, 1.82) is 0 Å². The zero-order valence-corrected chi connectivity index (χ0v) is 16.4. The number of allylic oxidation sites excluding steroid dienone is 1. The van der Waals surface area contributed by atoms with Crippen LogP contribution in [0.25, 0.3) is 0 Å². The number of hydrogen-bond donors (Lipinski definition) is 3. The summed E-state index contributed by atoms with van der Waals surface area (Å²) in [6.07, 6.45) is -3.44. The lowest BCUT2D eigenvalue weighted by Crippen LogP contribution is -2.18. The number of para-hydroxylation sites is 1. The van der Waals surface area contributed by atoms with Gasteiger partial charge in [-0.25, -0.2) is 4.99 Å². The number of aliphatic imine (C=N–C) groups is 1. The molecule has 152 valence electrons. The maximum Gasteiger partial charge on any atom is 0.416 e. The molecule has 0 aromatic heterocycles. The second-order valence-corrected chi connectivity index (χ2v) is 6.42. The Balaban J connectivity index is 2.11. The van der Waals surface area contributed by atoms with Crippen LogP contribution in [-0.2, 0) is 11.0 Å². The number of aryl methyl sites for hydroxylation is 1. The monoisotopic (exact) mass is 421 g/mol. The van der Waals surface area contributed by atoms with E-state index in [-0.39, 0.29) is 22.1 Å². The van der Waals surface area contributed by atoms with Crippen molar-refractivity contribution in [3.8, 4) is 0 Å². The van der Waals surface area contributed by atoms with Crippen LogP contribution < -0.4 is 10.6 Å². The lowest BCUT2D eigenvalue weighted by Gasteiger charge is -2.10. The van der Waals surface area contributed by atoms with Gasteiger partial charge in [-0.1, -0.05) is 24.3 Å². The molecule has 2 aromatic carbocycles. The molecular weight excluding hydrogens is 403 g/mol. The molecule has 2 aromatic rings. The molecule has 0 aliphatic rings. The van der Waals surface area contributed by atoms with Crippen LogP contribution in [0.15, 0.2) is 64.9 Å². The molecule has 0 bridgehead atoms. The molecule has 0 spiro atoms. The number of hydrogen-bond acceptors (Lipinski definition) is 3. The van der Waals surface area contributed by atoms with Crippen LogP contribution in [0.1, 0.15) is 18.1 Å². The zero-order chi connectivity index (χ0) is 21.6. The maximum atomic E-state index is 12.8. The van der Waals surface area contributed by atoms with Gasteiger partial charge in [-0.05, 0) is 55.9 Å². The second kappa shape index (κ2) is 9.33. The third kappa shape index (κ3) is 6.42. The van der Waals surface area contributed by atoms with Gasteiger partial charge in [0.2, 0.25) is 0 Å². The molecule has 0 saturated carbocycles. The van der Waals surface area contributed by atoms with Crippen molar-refractivity contribution in [1.82, 2.24) is 0 Å². The van der Waals surface area contributed by atoms with Gasteiger partial charge < -0.3 is 15.7 Å². The standard InChI is InChI=1S/C20H18F3N3O2S/c1-12-6-3-4-9-17(12)26-18(28)16(13(2)27)11-24-19(29)25-15-8-5-7-14(10-15)20(21,22)23/h3-11,27H,1-2H3,(H,25,29)(H,26,28)/b16-13+,24-11+. The number of halogens is 3. The van der Waals surface area contributed by atoms with E-state index in [1.807, 2.05) is 19.1 Å². The molecular formula is C20H18F3N3O2S. The number of rotatable bonds is 4. The van der Waals surface area contributed by atoms with E-state index in [4.69, 9.17) is 12.2 Å². The highest BCUT2D eigenvalue weighted by atomic mass is 32.1. The maximum absolute atomic E-state index is 12.8. The number of aliphatic hydroxyl groups excluding tert-OH is 1. The molecule has 0 saturated heterocycles. The zero-order valence-electron chi connectivity index (χ0n) is 15.5. The van der Waals surface area contributed by atoms with E-state index in [0.29, 0.717) is 5.69 Å². The number of carbonyl (C=O) groups excluding carboxylic acids is 1. The van der Waals surface area contributed by atoms with Crippen LogP contribution >= 0.6 is 12.2 Å². The SMILES string of the molecule is C/C(O)=C(/C=N/C(=S)Nc1cccc(C(F)(F)F)c1)C(=O)Nc1ccccc1C. The summed E-state index contributed by atoms with van der Waals surface area (Å²) in [4.78, 5) is 16.3. The first kappa shape index (κ1) is 22.1. The molecule has 0 fully saturated rings. The summed E-state index contributed by atoms with van der Waals surface area (Å²) in [5.74, 6) is -0.897. The first-order chi connectivity index (χ1) is 13.6. The van der Waals surface area contributed by atoms with Gasteiger partial charge in [0.15, 0.2) is 5.11 Å². The van der Waals surface area contributed by atoms with Crippen molar-refractivity contribution in [2.45, 2.75) is 20.0 Å². The second-order valence-electron chi connectivity index (χ2n) is 6.04. The van der Waals surface area contributed by atoms with E-state index in [9.17, 15) is 23.1 Å². The number of nitrogens with one attached hydrogen (secondary N) is 2. The predicted octanol–water partition coefficient (Wildman–Crippen LogP) is 5.25. The average molecular weight is 421 g/mol. The third-order valence-electron chi connectivity index (χ3n) is 3.78. The minimum Gasteiger partial charge on any atom is -0.512 e. The van der Waals surface area contributed by atoms with E-state index in [1.165, 1.54) is 19.1 Å². The number of benzene rings is 2.